The van der Waals surface area contributed by atoms with Crippen LogP contribution in [0.2, 0.25) is 5.02 Å². The lowest BCUT2D eigenvalue weighted by Gasteiger charge is -2.17. The van der Waals surface area contributed by atoms with Gasteiger partial charge in [-0.05, 0) is 50.7 Å². The number of ether oxygens (including phenoxy) is 1. The van der Waals surface area contributed by atoms with Gasteiger partial charge >= 0.3 is 0 Å². The topological polar surface area (TPSA) is 59.4 Å². The maximum absolute atomic E-state index is 12.4. The normalized spacial score (nSPS) is 11.0. The molecule has 1 N–H and O–H groups in total. The van der Waals surface area contributed by atoms with Gasteiger partial charge in [0.2, 0.25) is 5.91 Å². The largest absolute Gasteiger partial charge is 0.492 e. The minimum Gasteiger partial charge on any atom is -0.492 e. The van der Waals surface area contributed by atoms with E-state index in [0.717, 1.165) is 29.2 Å². The summed E-state index contributed by atoms with van der Waals surface area (Å²) < 4.78 is 7.67. The zero-order valence-electron chi connectivity index (χ0n) is 18.3. The zero-order chi connectivity index (χ0) is 22.2. The molecule has 1 heterocycles. The summed E-state index contributed by atoms with van der Waals surface area (Å²) in [5.74, 6) is 0.740. The van der Waals surface area contributed by atoms with Crippen molar-refractivity contribution in [1.82, 2.24) is 20.0 Å². The van der Waals surface area contributed by atoms with Crippen molar-refractivity contribution < 1.29 is 9.53 Å². The molecule has 0 fully saturated rings. The van der Waals surface area contributed by atoms with Crippen molar-refractivity contribution >= 4 is 17.5 Å². The highest BCUT2D eigenvalue weighted by atomic mass is 35.5. The van der Waals surface area contributed by atoms with Gasteiger partial charge < -0.3 is 10.1 Å². The molecule has 1 aromatic heterocycles. The van der Waals surface area contributed by atoms with Gasteiger partial charge in [-0.25, -0.2) is 0 Å². The molecule has 0 aliphatic rings. The van der Waals surface area contributed by atoms with Gasteiger partial charge in [-0.1, -0.05) is 41.9 Å². The van der Waals surface area contributed by atoms with Gasteiger partial charge in [-0.2, -0.15) is 5.10 Å². The molecule has 2 aromatic carbocycles. The van der Waals surface area contributed by atoms with Crippen LogP contribution >= 0.6 is 11.6 Å². The van der Waals surface area contributed by atoms with Crippen LogP contribution in [-0.4, -0.2) is 47.3 Å². The second-order valence-electron chi connectivity index (χ2n) is 7.61. The number of nitrogens with one attached hydrogen (secondary N) is 1. The third-order valence-corrected chi connectivity index (χ3v) is 5.39. The van der Waals surface area contributed by atoms with Crippen LogP contribution in [0, 0.1) is 13.8 Å². The van der Waals surface area contributed by atoms with E-state index in [1.54, 1.807) is 12.1 Å². The number of hydrogen-bond acceptors (Lipinski definition) is 4. The lowest BCUT2D eigenvalue weighted by molar-refractivity contribution is -0.122. The highest BCUT2D eigenvalue weighted by Crippen LogP contribution is 2.16. The van der Waals surface area contributed by atoms with Gasteiger partial charge in [0.05, 0.1) is 18.8 Å². The number of likely N-dealkylation sites (N-methyl/N-ethyl adjacent to an activating group) is 1. The lowest BCUT2D eigenvalue weighted by Crippen LogP contribution is -2.36. The smallest absolute Gasteiger partial charge is 0.234 e. The molecule has 6 nitrogen and oxygen atoms in total. The predicted molar refractivity (Wildman–Crippen MR) is 124 cm³/mol. The minimum atomic E-state index is -0.0244. The number of aromatic nitrogens is 2. The number of amides is 1. The first-order valence-electron chi connectivity index (χ1n) is 10.3. The number of carbonyl (C=O) groups is 1. The molecule has 3 rings (SSSR count). The first kappa shape index (κ1) is 22.8. The predicted octanol–water partition coefficient (Wildman–Crippen LogP) is 3.83. The van der Waals surface area contributed by atoms with Gasteiger partial charge in [-0.3, -0.25) is 14.4 Å². The number of carbonyl (C=O) groups excluding carboxylic acids is 1. The Balaban J connectivity index is 1.44. The second kappa shape index (κ2) is 11.0. The Kier molecular flexibility index (Phi) is 8.09. The molecule has 0 aliphatic heterocycles. The maximum atomic E-state index is 12.4. The average molecular weight is 441 g/mol. The first-order chi connectivity index (χ1) is 14.9. The van der Waals surface area contributed by atoms with Crippen LogP contribution < -0.4 is 10.1 Å². The van der Waals surface area contributed by atoms with Crippen molar-refractivity contribution in [1.29, 1.82) is 0 Å². The van der Waals surface area contributed by atoms with Gasteiger partial charge in [0.25, 0.3) is 0 Å². The summed E-state index contributed by atoms with van der Waals surface area (Å²) >= 11 is 5.87. The van der Waals surface area contributed by atoms with E-state index in [-0.39, 0.29) is 5.91 Å². The molecule has 1 amide bonds. The van der Waals surface area contributed by atoms with E-state index in [9.17, 15) is 4.79 Å². The van der Waals surface area contributed by atoms with E-state index >= 15 is 0 Å². The third-order valence-electron chi connectivity index (χ3n) is 5.14. The summed E-state index contributed by atoms with van der Waals surface area (Å²) in [4.78, 5) is 14.3. The van der Waals surface area contributed by atoms with Crippen LogP contribution in [0.3, 0.4) is 0 Å². The molecule has 0 saturated heterocycles. The Morgan fingerprint density at radius 1 is 1.13 bits per heavy atom. The molecular weight excluding hydrogens is 412 g/mol. The van der Waals surface area contributed by atoms with E-state index in [1.807, 2.05) is 60.8 Å². The van der Waals surface area contributed by atoms with E-state index in [2.05, 4.69) is 22.5 Å². The van der Waals surface area contributed by atoms with Crippen LogP contribution in [0.15, 0.2) is 54.6 Å². The van der Waals surface area contributed by atoms with Crippen molar-refractivity contribution in [3.05, 3.63) is 82.1 Å². The fourth-order valence-electron chi connectivity index (χ4n) is 3.32. The van der Waals surface area contributed by atoms with Crippen LogP contribution in [0.25, 0.3) is 0 Å². The Morgan fingerprint density at radius 3 is 2.55 bits per heavy atom. The van der Waals surface area contributed by atoms with Crippen molar-refractivity contribution in [2.45, 2.75) is 26.9 Å². The van der Waals surface area contributed by atoms with Crippen molar-refractivity contribution in [2.75, 3.05) is 26.7 Å². The van der Waals surface area contributed by atoms with Gasteiger partial charge in [0.1, 0.15) is 12.4 Å². The fourth-order valence-corrected chi connectivity index (χ4v) is 3.44. The molecule has 7 heteroatoms. The molecule has 3 aromatic rings. The lowest BCUT2D eigenvalue weighted by atomic mass is 10.2. The first-order valence-corrected chi connectivity index (χ1v) is 10.7. The summed E-state index contributed by atoms with van der Waals surface area (Å²) in [6, 6.07) is 17.5. The van der Waals surface area contributed by atoms with Gasteiger partial charge in [0.15, 0.2) is 0 Å². The summed E-state index contributed by atoms with van der Waals surface area (Å²) in [6.07, 6.45) is 0. The van der Waals surface area contributed by atoms with E-state index in [1.165, 1.54) is 5.56 Å². The Hall–Kier alpha value is -2.83. The van der Waals surface area contributed by atoms with Crippen LogP contribution in [0.4, 0.5) is 0 Å². The standard InChI is InChI=1S/C24H29ClN4O2/c1-18-23(19(2)29(27-18)16-20-7-5-4-6-8-20)15-26-24(30)17-28(3)13-14-31-22-11-9-21(25)10-12-22/h4-12H,13-17H2,1-3H3,(H,26,30). The number of aryl methyl sites for hydroxylation is 1. The van der Waals surface area contributed by atoms with E-state index in [0.29, 0.717) is 31.3 Å². The highest BCUT2D eigenvalue weighted by Gasteiger charge is 2.13. The molecular formula is C24H29ClN4O2. The number of hydrogen-bond donors (Lipinski definition) is 1. The number of halogens is 1. The summed E-state index contributed by atoms with van der Waals surface area (Å²) in [6.45, 7) is 6.66. The maximum Gasteiger partial charge on any atom is 0.234 e. The number of nitrogens with zero attached hydrogens (tertiary/aromatic N) is 3. The summed E-state index contributed by atoms with van der Waals surface area (Å²) in [5, 5.41) is 8.34. The monoisotopic (exact) mass is 440 g/mol. The molecule has 0 radical (unpaired) electrons. The molecule has 0 atom stereocenters. The van der Waals surface area contributed by atoms with Crippen molar-refractivity contribution in [3.8, 4) is 5.75 Å². The summed E-state index contributed by atoms with van der Waals surface area (Å²) in [7, 11) is 1.90. The van der Waals surface area contributed by atoms with Crippen LogP contribution in [0.5, 0.6) is 5.75 Å². The quantitative estimate of drug-likeness (QED) is 0.520. The molecule has 0 spiro atoms. The summed E-state index contributed by atoms with van der Waals surface area (Å²) in [5.41, 5.74) is 4.29. The Bertz CT molecular complexity index is 987. The fraction of sp³-hybridized carbons (Fsp3) is 0.333. The SMILES string of the molecule is Cc1nn(Cc2ccccc2)c(C)c1CNC(=O)CN(C)CCOc1ccc(Cl)cc1. The van der Waals surface area contributed by atoms with Crippen LogP contribution in [-0.2, 0) is 17.9 Å². The van der Waals surface area contributed by atoms with Crippen molar-refractivity contribution in [3.63, 3.8) is 0 Å². The molecule has 0 unspecified atom stereocenters. The molecule has 0 aliphatic carbocycles. The van der Waals surface area contributed by atoms with Gasteiger partial charge in [-0.15, -0.1) is 0 Å². The Labute approximate surface area is 188 Å². The number of rotatable bonds is 10. The number of benzene rings is 2. The molecule has 0 bridgehead atoms. The molecule has 164 valence electrons. The molecule has 0 saturated carbocycles. The second-order valence-corrected chi connectivity index (χ2v) is 8.05. The van der Waals surface area contributed by atoms with Crippen LogP contribution in [0.1, 0.15) is 22.5 Å². The third kappa shape index (κ3) is 6.84. The minimum absolute atomic E-state index is 0.0244. The van der Waals surface area contributed by atoms with Gasteiger partial charge in [0, 0.05) is 29.4 Å². The molecule has 31 heavy (non-hydrogen) atoms. The average Bonchev–Trinajstić information content (AvgIpc) is 3.01. The van der Waals surface area contributed by atoms with Crippen molar-refractivity contribution in [2.24, 2.45) is 0 Å². The Morgan fingerprint density at radius 2 is 1.84 bits per heavy atom. The zero-order valence-corrected chi connectivity index (χ0v) is 19.0. The highest BCUT2D eigenvalue weighted by molar-refractivity contribution is 6.30. The van der Waals surface area contributed by atoms with E-state index in [4.69, 9.17) is 16.3 Å². The van der Waals surface area contributed by atoms with E-state index < -0.39 is 0 Å².